The van der Waals surface area contributed by atoms with E-state index in [-0.39, 0.29) is 0 Å². The van der Waals surface area contributed by atoms with Gasteiger partial charge >= 0.3 is 0 Å². The van der Waals surface area contributed by atoms with Gasteiger partial charge in [0.15, 0.2) is 0 Å². The van der Waals surface area contributed by atoms with Gasteiger partial charge in [0.05, 0.1) is 0 Å². The quantitative estimate of drug-likeness (QED) is 0.470. The number of allylic oxidation sites excluding steroid dienone is 1. The Hall–Kier alpha value is -0.330. The van der Waals surface area contributed by atoms with E-state index in [0.29, 0.717) is 0 Å². The number of halogens is 1. The minimum absolute atomic E-state index is 0.541. The van der Waals surface area contributed by atoms with Gasteiger partial charge in [-0.1, -0.05) is 18.6 Å². The molecule has 0 amide bonds. The molecule has 64 valence electrons. The molecule has 0 spiro atoms. The van der Waals surface area contributed by atoms with Crippen LogP contribution in [0.25, 0.3) is 0 Å². The van der Waals surface area contributed by atoms with Crippen molar-refractivity contribution in [3.05, 3.63) is 12.2 Å². The van der Waals surface area contributed by atoms with E-state index in [4.69, 9.17) is 0 Å². The van der Waals surface area contributed by atoms with Crippen molar-refractivity contribution in [2.45, 2.75) is 51.1 Å². The Labute approximate surface area is 68.5 Å². The van der Waals surface area contributed by atoms with Crippen LogP contribution < -0.4 is 0 Å². The van der Waals surface area contributed by atoms with Crippen LogP contribution in [0.2, 0.25) is 0 Å². The summed E-state index contributed by atoms with van der Waals surface area (Å²) in [5.74, 6) is 0. The van der Waals surface area contributed by atoms with Crippen LogP contribution in [0.1, 0.15) is 44.9 Å². The highest BCUT2D eigenvalue weighted by atomic mass is 19.1. The average Bonchev–Trinajstić information content (AvgIpc) is 2.04. The Balaban J connectivity index is 2.29. The molecular weight excluding hydrogens is 139 g/mol. The van der Waals surface area contributed by atoms with E-state index < -0.39 is 6.17 Å². The summed E-state index contributed by atoms with van der Waals surface area (Å²) in [7, 11) is 0. The molecular formula is C10H17F. The zero-order valence-electron chi connectivity index (χ0n) is 7.11. The molecule has 11 heavy (non-hydrogen) atoms. The second kappa shape index (κ2) is 4.53. The van der Waals surface area contributed by atoms with Crippen LogP contribution in [-0.2, 0) is 0 Å². The molecule has 1 fully saturated rings. The molecule has 0 N–H and O–H groups in total. The molecule has 0 aromatic rings. The van der Waals surface area contributed by atoms with Crippen molar-refractivity contribution in [1.29, 1.82) is 0 Å². The molecule has 0 radical (unpaired) electrons. The van der Waals surface area contributed by atoms with Crippen molar-refractivity contribution in [3.63, 3.8) is 0 Å². The third kappa shape index (κ3) is 3.54. The maximum atomic E-state index is 12.9. The largest absolute Gasteiger partial charge is 0.247 e. The first-order valence-electron chi connectivity index (χ1n) is 4.60. The van der Waals surface area contributed by atoms with Gasteiger partial charge in [0.1, 0.15) is 6.17 Å². The monoisotopic (exact) mass is 156 g/mol. The van der Waals surface area contributed by atoms with Crippen molar-refractivity contribution in [1.82, 2.24) is 0 Å². The van der Waals surface area contributed by atoms with Crippen molar-refractivity contribution >= 4 is 0 Å². The van der Waals surface area contributed by atoms with Crippen molar-refractivity contribution in [3.8, 4) is 0 Å². The number of rotatable bonds is 0. The molecule has 1 saturated carbocycles. The first-order chi connectivity index (χ1) is 5.29. The zero-order valence-corrected chi connectivity index (χ0v) is 7.11. The first kappa shape index (κ1) is 8.76. The molecule has 0 aromatic heterocycles. The summed E-state index contributed by atoms with van der Waals surface area (Å²) in [5, 5.41) is 0. The smallest absolute Gasteiger partial charge is 0.100 e. The molecule has 1 atom stereocenters. The Bertz CT molecular complexity index is 129. The molecule has 0 bridgehead atoms. The lowest BCUT2D eigenvalue weighted by Gasteiger charge is -2.03. The predicted octanol–water partition coefficient (Wildman–Crippen LogP) is 3.63. The fraction of sp³-hybridized carbons (Fsp3) is 0.800. The molecule has 1 aliphatic rings. The van der Waals surface area contributed by atoms with Crippen molar-refractivity contribution in [2.75, 3.05) is 0 Å². The second-order valence-electron chi connectivity index (χ2n) is 3.49. The van der Waals surface area contributed by atoms with E-state index in [9.17, 15) is 4.39 Å². The predicted molar refractivity (Wildman–Crippen MR) is 46.4 cm³/mol. The van der Waals surface area contributed by atoms with Gasteiger partial charge in [-0.2, -0.15) is 0 Å². The molecule has 0 aromatic carbocycles. The highest BCUT2D eigenvalue weighted by molar-refractivity contribution is 4.94. The average molecular weight is 156 g/mol. The van der Waals surface area contributed by atoms with Gasteiger partial charge in [0.2, 0.25) is 0 Å². The van der Waals surface area contributed by atoms with Gasteiger partial charge in [0, 0.05) is 0 Å². The van der Waals surface area contributed by atoms with Crippen LogP contribution in [0.5, 0.6) is 0 Å². The normalized spacial score (nSPS) is 28.8. The fourth-order valence-electron chi connectivity index (χ4n) is 1.58. The van der Waals surface area contributed by atoms with Gasteiger partial charge in [-0.25, -0.2) is 4.39 Å². The van der Waals surface area contributed by atoms with Gasteiger partial charge in [-0.3, -0.25) is 0 Å². The Morgan fingerprint density at radius 2 is 1.73 bits per heavy atom. The third-order valence-corrected chi connectivity index (χ3v) is 2.35. The van der Waals surface area contributed by atoms with E-state index in [1.54, 1.807) is 0 Å². The van der Waals surface area contributed by atoms with E-state index in [2.05, 4.69) is 6.58 Å². The summed E-state index contributed by atoms with van der Waals surface area (Å²) in [5.41, 5.74) is 1.32. The van der Waals surface area contributed by atoms with Crippen LogP contribution in [0.15, 0.2) is 12.2 Å². The third-order valence-electron chi connectivity index (χ3n) is 2.35. The Morgan fingerprint density at radius 3 is 2.55 bits per heavy atom. The molecule has 0 nitrogen and oxygen atoms in total. The molecule has 1 heteroatoms. The summed E-state index contributed by atoms with van der Waals surface area (Å²) in [4.78, 5) is 0. The maximum Gasteiger partial charge on any atom is 0.100 e. The van der Waals surface area contributed by atoms with E-state index in [0.717, 1.165) is 44.9 Å². The lowest BCUT2D eigenvalue weighted by Crippen LogP contribution is -1.97. The summed E-state index contributed by atoms with van der Waals surface area (Å²) < 4.78 is 12.9. The minimum atomic E-state index is -0.541. The molecule has 1 aliphatic carbocycles. The van der Waals surface area contributed by atoms with Crippen molar-refractivity contribution in [2.24, 2.45) is 0 Å². The van der Waals surface area contributed by atoms with Crippen LogP contribution >= 0.6 is 0 Å². The molecule has 0 aliphatic heterocycles. The number of hydrogen-bond acceptors (Lipinski definition) is 0. The van der Waals surface area contributed by atoms with Crippen LogP contribution in [0.4, 0.5) is 4.39 Å². The highest BCUT2D eigenvalue weighted by Crippen LogP contribution is 2.21. The highest BCUT2D eigenvalue weighted by Gasteiger charge is 2.08. The summed E-state index contributed by atoms with van der Waals surface area (Å²) in [6, 6.07) is 0. The molecule has 1 rings (SSSR count). The van der Waals surface area contributed by atoms with E-state index in [1.165, 1.54) is 5.57 Å². The fourth-order valence-corrected chi connectivity index (χ4v) is 1.58. The first-order valence-corrected chi connectivity index (χ1v) is 4.60. The van der Waals surface area contributed by atoms with E-state index >= 15 is 0 Å². The lowest BCUT2D eigenvalue weighted by atomic mass is 10.1. The summed E-state index contributed by atoms with van der Waals surface area (Å²) in [6.07, 6.45) is 6.32. The van der Waals surface area contributed by atoms with Crippen molar-refractivity contribution < 1.29 is 4.39 Å². The van der Waals surface area contributed by atoms with Gasteiger partial charge in [-0.05, 0) is 38.5 Å². The van der Waals surface area contributed by atoms with Crippen LogP contribution in [-0.4, -0.2) is 6.17 Å². The Morgan fingerprint density at radius 1 is 1.09 bits per heavy atom. The molecule has 0 heterocycles. The van der Waals surface area contributed by atoms with Crippen LogP contribution in [0.3, 0.4) is 0 Å². The minimum Gasteiger partial charge on any atom is -0.247 e. The van der Waals surface area contributed by atoms with Crippen LogP contribution in [0, 0.1) is 0 Å². The standard InChI is InChI=1S/C10H17F/c1-9-5-2-3-7-10(11)8-4-6-9/h10H,1-8H2. The SMILES string of the molecule is C=C1CCCCC(F)CCC1. The van der Waals surface area contributed by atoms with Gasteiger partial charge in [-0.15, -0.1) is 0 Å². The zero-order chi connectivity index (χ0) is 8.10. The van der Waals surface area contributed by atoms with E-state index in [1.807, 2.05) is 0 Å². The summed E-state index contributed by atoms with van der Waals surface area (Å²) >= 11 is 0. The summed E-state index contributed by atoms with van der Waals surface area (Å²) in [6.45, 7) is 3.96. The number of hydrogen-bond donors (Lipinski definition) is 0. The van der Waals surface area contributed by atoms with Gasteiger partial charge < -0.3 is 0 Å². The number of alkyl halides is 1. The maximum absolute atomic E-state index is 12.9. The molecule has 0 saturated heterocycles. The lowest BCUT2D eigenvalue weighted by molar-refractivity contribution is 0.287. The molecule has 1 unspecified atom stereocenters. The Kier molecular flexibility index (Phi) is 3.61. The van der Waals surface area contributed by atoms with Gasteiger partial charge in [0.25, 0.3) is 0 Å². The topological polar surface area (TPSA) is 0 Å². The second-order valence-corrected chi connectivity index (χ2v) is 3.49.